The van der Waals surface area contributed by atoms with E-state index < -0.39 is 12.0 Å². The second-order valence-electron chi connectivity index (χ2n) is 7.46. The Kier molecular flexibility index (Phi) is 4.87. The van der Waals surface area contributed by atoms with Gasteiger partial charge in [0.1, 0.15) is 0 Å². The summed E-state index contributed by atoms with van der Waals surface area (Å²) in [7, 11) is 0. The topological polar surface area (TPSA) is 49.9 Å². The summed E-state index contributed by atoms with van der Waals surface area (Å²) in [6, 6.07) is 26.0. The van der Waals surface area contributed by atoms with Crippen molar-refractivity contribution in [3.8, 4) is 0 Å². The Labute approximate surface area is 179 Å². The SMILES string of the molecule is O=C1[C@H]2[C@H](ON(Cc3ccccc3)[C@@H]2c2ccccc2)C(=O)N1c1ccc(Cl)cc1. The lowest BCUT2D eigenvalue weighted by Gasteiger charge is -2.27. The molecular formula is C24H19ClN2O3. The minimum atomic E-state index is -0.845. The number of fused-ring (bicyclic) bond motifs is 1. The molecule has 0 aliphatic carbocycles. The standard InChI is InChI=1S/C24H19ClN2O3/c25-18-11-13-19(14-12-18)27-23(28)20-21(17-9-5-2-6-10-17)26(30-22(20)24(27)29)15-16-7-3-1-4-8-16/h1-14,20-22H,15H2/t20-,21-,22+/m1/s1. The van der Waals surface area contributed by atoms with E-state index in [1.54, 1.807) is 29.3 Å². The first-order valence-corrected chi connectivity index (χ1v) is 10.2. The van der Waals surface area contributed by atoms with Gasteiger partial charge in [-0.1, -0.05) is 72.3 Å². The molecule has 0 N–H and O–H groups in total. The number of hydrogen-bond acceptors (Lipinski definition) is 4. The van der Waals surface area contributed by atoms with E-state index >= 15 is 0 Å². The van der Waals surface area contributed by atoms with Gasteiger partial charge in [0, 0.05) is 11.6 Å². The molecule has 2 heterocycles. The average molecular weight is 419 g/mol. The minimum Gasteiger partial charge on any atom is -0.284 e. The van der Waals surface area contributed by atoms with Gasteiger partial charge >= 0.3 is 0 Å². The van der Waals surface area contributed by atoms with Crippen LogP contribution in [0.25, 0.3) is 0 Å². The zero-order valence-corrected chi connectivity index (χ0v) is 16.8. The lowest BCUT2D eigenvalue weighted by Crippen LogP contribution is -2.37. The fraction of sp³-hybridized carbons (Fsp3) is 0.167. The normalized spacial score (nSPS) is 23.8. The summed E-state index contributed by atoms with van der Waals surface area (Å²) in [4.78, 5) is 33.9. The zero-order valence-electron chi connectivity index (χ0n) is 16.0. The summed E-state index contributed by atoms with van der Waals surface area (Å²) in [5.74, 6) is -1.21. The zero-order chi connectivity index (χ0) is 20.7. The van der Waals surface area contributed by atoms with Crippen LogP contribution in [-0.2, 0) is 21.0 Å². The minimum absolute atomic E-state index is 0.253. The van der Waals surface area contributed by atoms with Crippen molar-refractivity contribution in [1.82, 2.24) is 5.06 Å². The van der Waals surface area contributed by atoms with Crippen LogP contribution in [0.2, 0.25) is 5.02 Å². The first-order chi connectivity index (χ1) is 14.6. The Morgan fingerprint density at radius 1 is 0.800 bits per heavy atom. The van der Waals surface area contributed by atoms with Gasteiger partial charge in [0.15, 0.2) is 6.10 Å². The Hall–Kier alpha value is -2.99. The summed E-state index contributed by atoms with van der Waals surface area (Å²) in [5.41, 5.74) is 2.50. The molecule has 0 unspecified atom stereocenters. The lowest BCUT2D eigenvalue weighted by atomic mass is 9.90. The number of amides is 2. The first-order valence-electron chi connectivity index (χ1n) is 9.79. The molecule has 3 aromatic rings. The molecule has 150 valence electrons. The van der Waals surface area contributed by atoms with Crippen molar-refractivity contribution < 1.29 is 14.4 Å². The molecule has 0 radical (unpaired) electrons. The Bertz CT molecular complexity index is 1070. The van der Waals surface area contributed by atoms with Crippen LogP contribution < -0.4 is 4.90 Å². The molecule has 2 amide bonds. The quantitative estimate of drug-likeness (QED) is 0.590. The molecule has 3 atom stereocenters. The number of hydrogen-bond donors (Lipinski definition) is 0. The molecule has 5 nitrogen and oxygen atoms in total. The molecule has 2 saturated heterocycles. The number of nitrogens with zero attached hydrogens (tertiary/aromatic N) is 2. The maximum atomic E-state index is 13.4. The molecule has 0 aromatic heterocycles. The van der Waals surface area contributed by atoms with E-state index in [2.05, 4.69) is 0 Å². The van der Waals surface area contributed by atoms with Crippen LogP contribution in [0.4, 0.5) is 5.69 Å². The summed E-state index contributed by atoms with van der Waals surface area (Å²) in [5, 5.41) is 2.32. The van der Waals surface area contributed by atoms with Gasteiger partial charge in [-0.15, -0.1) is 0 Å². The number of carbonyl (C=O) groups is 2. The second-order valence-corrected chi connectivity index (χ2v) is 7.89. The molecule has 6 heteroatoms. The molecule has 0 bridgehead atoms. The number of imide groups is 1. The van der Waals surface area contributed by atoms with Gasteiger partial charge in [-0.2, -0.15) is 5.06 Å². The maximum absolute atomic E-state index is 13.4. The summed E-state index contributed by atoms with van der Waals surface area (Å²) in [6.07, 6.45) is -0.845. The van der Waals surface area contributed by atoms with Crippen molar-refractivity contribution in [1.29, 1.82) is 0 Å². The van der Waals surface area contributed by atoms with Crippen molar-refractivity contribution in [2.45, 2.75) is 18.7 Å². The van der Waals surface area contributed by atoms with Crippen LogP contribution in [0.15, 0.2) is 84.9 Å². The number of carbonyl (C=O) groups excluding carboxylic acids is 2. The van der Waals surface area contributed by atoms with Gasteiger partial charge < -0.3 is 0 Å². The number of halogens is 1. The highest BCUT2D eigenvalue weighted by molar-refractivity contribution is 6.31. The van der Waals surface area contributed by atoms with Gasteiger partial charge in [-0.3, -0.25) is 14.4 Å². The Morgan fingerprint density at radius 2 is 1.43 bits per heavy atom. The molecule has 0 saturated carbocycles. The monoisotopic (exact) mass is 418 g/mol. The molecule has 0 spiro atoms. The largest absolute Gasteiger partial charge is 0.284 e. The van der Waals surface area contributed by atoms with Gasteiger partial charge in [0.2, 0.25) is 5.91 Å². The number of benzene rings is 3. The third-order valence-corrected chi connectivity index (χ3v) is 5.85. The van der Waals surface area contributed by atoms with Crippen molar-refractivity contribution in [2.24, 2.45) is 5.92 Å². The molecule has 2 fully saturated rings. The fourth-order valence-corrected chi connectivity index (χ4v) is 4.36. The van der Waals surface area contributed by atoms with E-state index in [9.17, 15) is 9.59 Å². The third-order valence-electron chi connectivity index (χ3n) is 5.60. The van der Waals surface area contributed by atoms with E-state index in [-0.39, 0.29) is 17.9 Å². The second kappa shape index (κ2) is 7.69. The summed E-state index contributed by atoms with van der Waals surface area (Å²) < 4.78 is 0. The van der Waals surface area contributed by atoms with E-state index in [1.807, 2.05) is 60.7 Å². The molecular weight excluding hydrogens is 400 g/mol. The van der Waals surface area contributed by atoms with Crippen LogP contribution in [0.5, 0.6) is 0 Å². The molecule has 30 heavy (non-hydrogen) atoms. The third kappa shape index (κ3) is 3.21. The van der Waals surface area contributed by atoms with Crippen LogP contribution in [0.3, 0.4) is 0 Å². The summed E-state index contributed by atoms with van der Waals surface area (Å²) in [6.45, 7) is 0.481. The van der Waals surface area contributed by atoms with E-state index in [4.69, 9.17) is 16.4 Å². The number of rotatable bonds is 4. The smallest absolute Gasteiger partial charge is 0.265 e. The Morgan fingerprint density at radius 3 is 2.10 bits per heavy atom. The predicted octanol–water partition coefficient (Wildman–Crippen LogP) is 4.39. The van der Waals surface area contributed by atoms with Gasteiger partial charge in [-0.25, -0.2) is 4.90 Å². The van der Waals surface area contributed by atoms with Crippen LogP contribution in [0, 0.1) is 5.92 Å². The predicted molar refractivity (Wildman–Crippen MR) is 113 cm³/mol. The highest BCUT2D eigenvalue weighted by Gasteiger charge is 2.59. The first kappa shape index (κ1) is 19.0. The highest BCUT2D eigenvalue weighted by atomic mass is 35.5. The molecule has 2 aliphatic rings. The van der Waals surface area contributed by atoms with Gasteiger partial charge in [0.05, 0.1) is 17.6 Å². The molecule has 2 aliphatic heterocycles. The summed E-state index contributed by atoms with van der Waals surface area (Å²) >= 11 is 5.97. The highest BCUT2D eigenvalue weighted by Crippen LogP contribution is 2.46. The van der Waals surface area contributed by atoms with E-state index in [1.165, 1.54) is 4.90 Å². The fourth-order valence-electron chi connectivity index (χ4n) is 4.24. The van der Waals surface area contributed by atoms with Crippen molar-refractivity contribution in [3.05, 3.63) is 101 Å². The van der Waals surface area contributed by atoms with Crippen LogP contribution in [-0.4, -0.2) is 23.0 Å². The lowest BCUT2D eigenvalue weighted by molar-refractivity contribution is -0.177. The van der Waals surface area contributed by atoms with Crippen LogP contribution in [0.1, 0.15) is 17.2 Å². The average Bonchev–Trinajstić information content (AvgIpc) is 3.25. The molecule has 5 rings (SSSR count). The van der Waals surface area contributed by atoms with Gasteiger partial charge in [-0.05, 0) is 35.4 Å². The van der Waals surface area contributed by atoms with Gasteiger partial charge in [0.25, 0.3) is 5.91 Å². The van der Waals surface area contributed by atoms with E-state index in [0.29, 0.717) is 17.3 Å². The molecule has 3 aromatic carbocycles. The van der Waals surface area contributed by atoms with Crippen molar-refractivity contribution in [3.63, 3.8) is 0 Å². The van der Waals surface area contributed by atoms with Crippen LogP contribution >= 0.6 is 11.6 Å². The number of anilines is 1. The Balaban J connectivity index is 1.51. The van der Waals surface area contributed by atoms with Crippen molar-refractivity contribution in [2.75, 3.05) is 4.90 Å². The van der Waals surface area contributed by atoms with Crippen molar-refractivity contribution >= 4 is 29.1 Å². The number of hydroxylamine groups is 2. The maximum Gasteiger partial charge on any atom is 0.265 e. The van der Waals surface area contributed by atoms with E-state index in [0.717, 1.165) is 11.1 Å².